The van der Waals surface area contributed by atoms with Crippen LogP contribution in [0.25, 0.3) is 11.1 Å². The number of halogens is 2. The number of hydrogen-bond acceptors (Lipinski definition) is 3. The molecule has 1 heterocycles. The molecule has 0 spiro atoms. The molecule has 2 rings (SSSR count). The standard InChI is InChI=1S/C15H12FNO4.ClH/c1-7-11(14(18)19)13(9-3-5-10(16)6-4-9)12(15(20)21)8(2)17-7;/h3-6H,1-2H3,(H,18,19)(H,20,21);1H. The third-order valence-electron chi connectivity index (χ3n) is 3.12. The first-order valence-electron chi connectivity index (χ1n) is 6.06. The first-order valence-corrected chi connectivity index (χ1v) is 6.06. The molecule has 0 bridgehead atoms. The topological polar surface area (TPSA) is 87.5 Å². The second kappa shape index (κ2) is 6.53. The van der Waals surface area contributed by atoms with E-state index in [1.54, 1.807) is 0 Å². The second-order valence-electron chi connectivity index (χ2n) is 4.52. The van der Waals surface area contributed by atoms with E-state index in [-0.39, 0.29) is 40.5 Å². The Kier molecular flexibility index (Phi) is 5.22. The van der Waals surface area contributed by atoms with Crippen LogP contribution in [0.1, 0.15) is 32.1 Å². The Labute approximate surface area is 131 Å². The monoisotopic (exact) mass is 325 g/mol. The number of hydrogen-bond donors (Lipinski definition) is 2. The molecule has 2 aromatic rings. The number of aromatic nitrogens is 1. The Morgan fingerprint density at radius 2 is 1.36 bits per heavy atom. The molecule has 0 amide bonds. The van der Waals surface area contributed by atoms with E-state index in [0.29, 0.717) is 5.56 Å². The van der Waals surface area contributed by atoms with Crippen LogP contribution in [0.3, 0.4) is 0 Å². The van der Waals surface area contributed by atoms with Crippen molar-refractivity contribution in [3.63, 3.8) is 0 Å². The third kappa shape index (κ3) is 3.07. The summed E-state index contributed by atoms with van der Waals surface area (Å²) >= 11 is 0. The van der Waals surface area contributed by atoms with E-state index in [9.17, 15) is 24.2 Å². The first-order chi connectivity index (χ1) is 9.82. The summed E-state index contributed by atoms with van der Waals surface area (Å²) in [6.45, 7) is 2.99. The zero-order valence-electron chi connectivity index (χ0n) is 11.8. The van der Waals surface area contributed by atoms with Crippen LogP contribution < -0.4 is 0 Å². The van der Waals surface area contributed by atoms with E-state index in [4.69, 9.17) is 0 Å². The minimum absolute atomic E-state index is 0. The molecule has 0 aliphatic heterocycles. The summed E-state index contributed by atoms with van der Waals surface area (Å²) in [5.74, 6) is -3.04. The van der Waals surface area contributed by atoms with Gasteiger partial charge in [-0.3, -0.25) is 4.98 Å². The van der Waals surface area contributed by atoms with Crippen molar-refractivity contribution in [2.75, 3.05) is 0 Å². The Balaban J connectivity index is 0.00000242. The summed E-state index contributed by atoms with van der Waals surface area (Å²) < 4.78 is 13.0. The van der Waals surface area contributed by atoms with Crippen molar-refractivity contribution >= 4 is 24.3 Å². The maximum atomic E-state index is 13.0. The number of pyridine rings is 1. The number of benzene rings is 1. The van der Waals surface area contributed by atoms with Crippen molar-refractivity contribution in [1.82, 2.24) is 4.98 Å². The van der Waals surface area contributed by atoms with Crippen LogP contribution in [0.2, 0.25) is 0 Å². The molecule has 0 radical (unpaired) electrons. The average molecular weight is 326 g/mol. The second-order valence-corrected chi connectivity index (χ2v) is 4.52. The van der Waals surface area contributed by atoms with Gasteiger partial charge in [0, 0.05) is 5.56 Å². The van der Waals surface area contributed by atoms with Crippen LogP contribution in [0.4, 0.5) is 4.39 Å². The predicted molar refractivity (Wildman–Crippen MR) is 80.3 cm³/mol. The highest BCUT2D eigenvalue weighted by Gasteiger charge is 2.25. The molecule has 5 nitrogen and oxygen atoms in total. The summed E-state index contributed by atoms with van der Waals surface area (Å²) in [5.41, 5.74) is 0.405. The van der Waals surface area contributed by atoms with Crippen molar-refractivity contribution in [2.45, 2.75) is 13.8 Å². The van der Waals surface area contributed by atoms with Crippen LogP contribution in [0, 0.1) is 19.7 Å². The number of carboxylic acid groups (broad SMARTS) is 2. The van der Waals surface area contributed by atoms with Gasteiger partial charge in [0.05, 0.1) is 22.5 Å². The van der Waals surface area contributed by atoms with Gasteiger partial charge >= 0.3 is 11.9 Å². The zero-order chi connectivity index (χ0) is 15.7. The molecule has 7 heteroatoms. The van der Waals surface area contributed by atoms with Gasteiger partial charge in [-0.15, -0.1) is 12.4 Å². The van der Waals surface area contributed by atoms with Gasteiger partial charge in [-0.2, -0.15) is 0 Å². The minimum atomic E-state index is -1.28. The van der Waals surface area contributed by atoms with Gasteiger partial charge in [0.1, 0.15) is 5.82 Å². The van der Waals surface area contributed by atoms with Crippen molar-refractivity contribution in [3.05, 3.63) is 52.6 Å². The molecule has 1 aromatic carbocycles. The Hall–Kier alpha value is -2.47. The molecule has 0 saturated heterocycles. The fraction of sp³-hybridized carbons (Fsp3) is 0.133. The van der Waals surface area contributed by atoms with Crippen LogP contribution in [-0.2, 0) is 0 Å². The largest absolute Gasteiger partial charge is 0.478 e. The molecule has 0 saturated carbocycles. The normalized spacial score (nSPS) is 9.95. The maximum Gasteiger partial charge on any atom is 0.338 e. The molecule has 0 fully saturated rings. The lowest BCUT2D eigenvalue weighted by molar-refractivity contribution is 0.0695. The van der Waals surface area contributed by atoms with Gasteiger partial charge in [-0.1, -0.05) is 12.1 Å². The summed E-state index contributed by atoms with van der Waals surface area (Å²) in [4.78, 5) is 26.9. The van der Waals surface area contributed by atoms with E-state index < -0.39 is 17.8 Å². The zero-order valence-corrected chi connectivity index (χ0v) is 12.6. The lowest BCUT2D eigenvalue weighted by Gasteiger charge is -2.14. The summed E-state index contributed by atoms with van der Waals surface area (Å²) in [6.07, 6.45) is 0. The Bertz CT molecular complexity index is 706. The average Bonchev–Trinajstić information content (AvgIpc) is 2.37. The number of nitrogens with zero attached hydrogens (tertiary/aromatic N) is 1. The first kappa shape index (κ1) is 17.6. The van der Waals surface area contributed by atoms with Crippen molar-refractivity contribution in [2.24, 2.45) is 0 Å². The van der Waals surface area contributed by atoms with Gasteiger partial charge in [0.2, 0.25) is 0 Å². The highest BCUT2D eigenvalue weighted by Crippen LogP contribution is 2.31. The van der Waals surface area contributed by atoms with Gasteiger partial charge in [0.15, 0.2) is 0 Å². The van der Waals surface area contributed by atoms with E-state index in [1.807, 2.05) is 0 Å². The van der Waals surface area contributed by atoms with Gasteiger partial charge in [-0.25, -0.2) is 14.0 Å². The van der Waals surface area contributed by atoms with Gasteiger partial charge in [0.25, 0.3) is 0 Å². The highest BCUT2D eigenvalue weighted by atomic mass is 35.5. The third-order valence-corrected chi connectivity index (χ3v) is 3.12. The van der Waals surface area contributed by atoms with E-state index >= 15 is 0 Å². The van der Waals surface area contributed by atoms with Gasteiger partial charge in [-0.05, 0) is 31.5 Å². The quantitative estimate of drug-likeness (QED) is 0.903. The van der Waals surface area contributed by atoms with E-state index in [0.717, 1.165) is 12.1 Å². The summed E-state index contributed by atoms with van der Waals surface area (Å²) in [5, 5.41) is 18.7. The van der Waals surface area contributed by atoms with Crippen LogP contribution >= 0.6 is 12.4 Å². The van der Waals surface area contributed by atoms with E-state index in [1.165, 1.54) is 26.0 Å². The number of aromatic carboxylic acids is 2. The molecule has 0 atom stereocenters. The molecule has 22 heavy (non-hydrogen) atoms. The number of carbonyl (C=O) groups is 2. The lowest BCUT2D eigenvalue weighted by Crippen LogP contribution is -2.13. The van der Waals surface area contributed by atoms with Crippen molar-refractivity contribution < 1.29 is 24.2 Å². The predicted octanol–water partition coefficient (Wildman–Crippen LogP) is 3.32. The summed E-state index contributed by atoms with van der Waals surface area (Å²) in [6, 6.07) is 5.00. The number of aryl methyl sites for hydroxylation is 2. The minimum Gasteiger partial charge on any atom is -0.478 e. The molecular weight excluding hydrogens is 313 g/mol. The molecule has 0 aliphatic carbocycles. The fourth-order valence-electron chi connectivity index (χ4n) is 2.28. The van der Waals surface area contributed by atoms with Gasteiger partial charge < -0.3 is 10.2 Å². The SMILES string of the molecule is Cc1nc(C)c(C(=O)O)c(-c2ccc(F)cc2)c1C(=O)O.Cl. The molecule has 0 aliphatic rings. The van der Waals surface area contributed by atoms with Crippen LogP contribution in [-0.4, -0.2) is 27.1 Å². The molecule has 116 valence electrons. The smallest absolute Gasteiger partial charge is 0.338 e. The molecular formula is C15H13ClFNO4. The Morgan fingerprint density at radius 1 is 0.955 bits per heavy atom. The summed E-state index contributed by atoms with van der Waals surface area (Å²) in [7, 11) is 0. The maximum absolute atomic E-state index is 13.0. The molecule has 0 unspecified atom stereocenters. The lowest BCUT2D eigenvalue weighted by atomic mass is 9.92. The highest BCUT2D eigenvalue weighted by molar-refractivity contribution is 6.06. The number of carboxylic acids is 2. The fourth-order valence-corrected chi connectivity index (χ4v) is 2.28. The molecule has 2 N–H and O–H groups in total. The molecule has 1 aromatic heterocycles. The Morgan fingerprint density at radius 3 is 1.73 bits per heavy atom. The van der Waals surface area contributed by atoms with Crippen LogP contribution in [0.5, 0.6) is 0 Å². The van der Waals surface area contributed by atoms with Crippen molar-refractivity contribution in [3.8, 4) is 11.1 Å². The van der Waals surface area contributed by atoms with E-state index in [2.05, 4.69) is 4.98 Å². The van der Waals surface area contributed by atoms with Crippen LogP contribution in [0.15, 0.2) is 24.3 Å². The number of rotatable bonds is 3. The van der Waals surface area contributed by atoms with Crippen molar-refractivity contribution in [1.29, 1.82) is 0 Å².